The number of ether oxygens (including phenoxy) is 2. The topological polar surface area (TPSA) is 140 Å². The van der Waals surface area contributed by atoms with Crippen molar-refractivity contribution in [3.8, 4) is 0 Å². The number of likely N-dealkylation sites (tertiary alicyclic amines) is 2. The molecule has 10 heteroatoms. The molecule has 0 aliphatic carbocycles. The van der Waals surface area contributed by atoms with Gasteiger partial charge < -0.3 is 39.7 Å². The Balaban J connectivity index is 0.000000300. The summed E-state index contributed by atoms with van der Waals surface area (Å²) in [5, 5.41) is 37.1. The van der Waals surface area contributed by atoms with Crippen molar-refractivity contribution in [2.75, 3.05) is 26.3 Å². The molecule has 30 heavy (non-hydrogen) atoms. The fraction of sp³-hybridized carbons (Fsp3) is 0.900. The summed E-state index contributed by atoms with van der Waals surface area (Å²) in [5.74, 6) is 0. The molecule has 2 amide bonds. The number of nitrogens with zero attached hydrogens (tertiary/aromatic N) is 2. The lowest BCUT2D eigenvalue weighted by Gasteiger charge is -2.28. The fourth-order valence-electron chi connectivity index (χ4n) is 3.21. The predicted octanol–water partition coefficient (Wildman–Crippen LogP) is 0.698. The van der Waals surface area contributed by atoms with Gasteiger partial charge in [0.05, 0.1) is 37.5 Å². The van der Waals surface area contributed by atoms with Crippen molar-refractivity contribution in [2.24, 2.45) is 0 Å². The van der Waals surface area contributed by atoms with Crippen molar-refractivity contribution in [2.45, 2.75) is 89.9 Å². The van der Waals surface area contributed by atoms with E-state index in [-0.39, 0.29) is 13.2 Å². The molecule has 0 saturated carbocycles. The summed E-state index contributed by atoms with van der Waals surface area (Å²) < 4.78 is 10.3. The zero-order chi connectivity index (χ0) is 23.3. The molecule has 2 heterocycles. The van der Waals surface area contributed by atoms with Crippen molar-refractivity contribution in [1.29, 1.82) is 0 Å². The Morgan fingerprint density at radius 2 is 1.07 bits per heavy atom. The minimum atomic E-state index is -0.650. The van der Waals surface area contributed by atoms with Crippen LogP contribution in [0.25, 0.3) is 0 Å². The van der Waals surface area contributed by atoms with Crippen LogP contribution in [0.3, 0.4) is 0 Å². The Kier molecular flexibility index (Phi) is 9.34. The Morgan fingerprint density at radius 1 is 0.767 bits per heavy atom. The van der Waals surface area contributed by atoms with Crippen LogP contribution in [0, 0.1) is 0 Å². The molecular formula is C20H38N2O8. The summed E-state index contributed by atoms with van der Waals surface area (Å²) in [6.45, 7) is 11.1. The number of amides is 2. The number of hydrogen-bond donors (Lipinski definition) is 4. The zero-order valence-corrected chi connectivity index (χ0v) is 18.9. The van der Waals surface area contributed by atoms with Crippen molar-refractivity contribution < 1.29 is 39.5 Å². The number of carbonyl (C=O) groups excluding carboxylic acids is 2. The SMILES string of the molecule is CC(C)(C)OC(=O)N1CC[C@@H](O)[C@@H]1CO.CC(C)(C)OC(=O)N1CC[C@H](O)[C@H]1CO. The molecule has 2 fully saturated rings. The standard InChI is InChI=1S/2C10H19NO4/c2*1-10(2,3)15-9(14)11-5-4-8(13)7(11)6-12/h2*7-8,12-13H,4-6H2,1-3H3/t2*7-,8+/m10/s1. The van der Waals surface area contributed by atoms with Gasteiger partial charge in [-0.3, -0.25) is 0 Å². The van der Waals surface area contributed by atoms with E-state index in [1.165, 1.54) is 9.80 Å². The van der Waals surface area contributed by atoms with Crippen molar-refractivity contribution in [3.63, 3.8) is 0 Å². The maximum absolute atomic E-state index is 11.7. The highest BCUT2D eigenvalue weighted by atomic mass is 16.6. The first-order valence-corrected chi connectivity index (χ1v) is 10.3. The fourth-order valence-corrected chi connectivity index (χ4v) is 3.21. The second-order valence-electron chi connectivity index (χ2n) is 9.56. The molecule has 0 aromatic heterocycles. The molecule has 2 rings (SSSR count). The van der Waals surface area contributed by atoms with Crippen molar-refractivity contribution >= 4 is 12.2 Å². The number of carbonyl (C=O) groups is 2. The highest BCUT2D eigenvalue weighted by Gasteiger charge is 2.38. The van der Waals surface area contributed by atoms with Gasteiger partial charge in [0, 0.05) is 13.1 Å². The average molecular weight is 435 g/mol. The molecule has 0 aromatic carbocycles. The van der Waals surface area contributed by atoms with E-state index in [2.05, 4.69) is 0 Å². The average Bonchev–Trinajstić information content (AvgIpc) is 3.14. The Morgan fingerprint density at radius 3 is 1.30 bits per heavy atom. The van der Waals surface area contributed by atoms with Crippen molar-refractivity contribution in [3.05, 3.63) is 0 Å². The minimum Gasteiger partial charge on any atom is -0.444 e. The third-order valence-electron chi connectivity index (χ3n) is 4.65. The first kappa shape index (κ1) is 26.4. The highest BCUT2D eigenvalue weighted by Crippen LogP contribution is 2.22. The van der Waals surface area contributed by atoms with Crippen LogP contribution in [0.15, 0.2) is 0 Å². The molecule has 0 radical (unpaired) electrons. The van der Waals surface area contributed by atoms with Crippen LogP contribution in [0.4, 0.5) is 9.59 Å². The first-order chi connectivity index (χ1) is 13.7. The van der Waals surface area contributed by atoms with E-state index in [4.69, 9.17) is 19.7 Å². The zero-order valence-electron chi connectivity index (χ0n) is 18.9. The lowest BCUT2D eigenvalue weighted by atomic mass is 10.2. The van der Waals surface area contributed by atoms with Gasteiger partial charge in [-0.25, -0.2) is 9.59 Å². The largest absolute Gasteiger partial charge is 0.444 e. The van der Waals surface area contributed by atoms with Gasteiger partial charge in [-0.1, -0.05) is 0 Å². The van der Waals surface area contributed by atoms with Gasteiger partial charge in [0.2, 0.25) is 0 Å². The Labute approximate surface area is 178 Å². The maximum atomic E-state index is 11.7. The van der Waals surface area contributed by atoms with Crippen LogP contribution >= 0.6 is 0 Å². The van der Waals surface area contributed by atoms with Crippen LogP contribution < -0.4 is 0 Å². The van der Waals surface area contributed by atoms with E-state index in [1.807, 2.05) is 0 Å². The molecule has 2 aliphatic rings. The number of aliphatic hydroxyl groups excluding tert-OH is 4. The Hall–Kier alpha value is -1.62. The predicted molar refractivity (Wildman–Crippen MR) is 109 cm³/mol. The van der Waals surface area contributed by atoms with E-state index in [0.717, 1.165) is 0 Å². The molecular weight excluding hydrogens is 396 g/mol. The lowest BCUT2D eigenvalue weighted by molar-refractivity contribution is 0.00615. The van der Waals surface area contributed by atoms with E-state index in [0.29, 0.717) is 25.9 Å². The quantitative estimate of drug-likeness (QED) is 0.498. The molecule has 10 nitrogen and oxygen atoms in total. The summed E-state index contributed by atoms with van der Waals surface area (Å²) in [7, 11) is 0. The minimum absolute atomic E-state index is 0.236. The maximum Gasteiger partial charge on any atom is 0.410 e. The van der Waals surface area contributed by atoms with Gasteiger partial charge in [0.1, 0.15) is 11.2 Å². The molecule has 0 aromatic rings. The van der Waals surface area contributed by atoms with Gasteiger partial charge >= 0.3 is 12.2 Å². The highest BCUT2D eigenvalue weighted by molar-refractivity contribution is 5.69. The first-order valence-electron chi connectivity index (χ1n) is 10.3. The number of rotatable bonds is 2. The number of hydrogen-bond acceptors (Lipinski definition) is 8. The van der Waals surface area contributed by atoms with Gasteiger partial charge in [-0.05, 0) is 54.4 Å². The van der Waals surface area contributed by atoms with Crippen LogP contribution in [0.2, 0.25) is 0 Å². The molecule has 0 bridgehead atoms. The van der Waals surface area contributed by atoms with Crippen molar-refractivity contribution in [1.82, 2.24) is 9.80 Å². The Bertz CT molecular complexity index is 522. The molecule has 4 N–H and O–H groups in total. The summed E-state index contributed by atoms with van der Waals surface area (Å²) in [6.07, 6.45) is -1.27. The van der Waals surface area contributed by atoms with E-state index in [9.17, 15) is 19.8 Å². The summed E-state index contributed by atoms with van der Waals surface area (Å²) in [4.78, 5) is 26.1. The third-order valence-corrected chi connectivity index (χ3v) is 4.65. The van der Waals surface area contributed by atoms with E-state index < -0.39 is 47.7 Å². The van der Waals surface area contributed by atoms with Gasteiger partial charge in [0.15, 0.2) is 0 Å². The summed E-state index contributed by atoms with van der Waals surface area (Å²) in [5.41, 5.74) is -1.10. The van der Waals surface area contributed by atoms with Gasteiger partial charge in [0.25, 0.3) is 0 Å². The van der Waals surface area contributed by atoms with E-state index >= 15 is 0 Å². The van der Waals surface area contributed by atoms with Crippen LogP contribution in [0.1, 0.15) is 54.4 Å². The summed E-state index contributed by atoms with van der Waals surface area (Å²) in [6, 6.07) is -1.06. The normalized spacial score (nSPS) is 26.9. The number of aliphatic hydroxyl groups is 4. The summed E-state index contributed by atoms with van der Waals surface area (Å²) >= 11 is 0. The van der Waals surface area contributed by atoms with Gasteiger partial charge in [-0.2, -0.15) is 0 Å². The third kappa shape index (κ3) is 7.90. The molecule has 176 valence electrons. The van der Waals surface area contributed by atoms with Crippen LogP contribution in [-0.2, 0) is 9.47 Å². The molecule has 2 aliphatic heterocycles. The van der Waals surface area contributed by atoms with Gasteiger partial charge in [-0.15, -0.1) is 0 Å². The smallest absolute Gasteiger partial charge is 0.410 e. The van der Waals surface area contributed by atoms with Crippen LogP contribution in [-0.4, -0.2) is 104 Å². The molecule has 4 atom stereocenters. The monoisotopic (exact) mass is 434 g/mol. The molecule has 2 saturated heterocycles. The second-order valence-corrected chi connectivity index (χ2v) is 9.56. The van der Waals surface area contributed by atoms with E-state index in [1.54, 1.807) is 41.5 Å². The lowest BCUT2D eigenvalue weighted by Crippen LogP contribution is -2.44. The second kappa shape index (κ2) is 10.6. The molecule has 0 spiro atoms. The van der Waals surface area contributed by atoms with Crippen LogP contribution in [0.5, 0.6) is 0 Å². The molecule has 0 unspecified atom stereocenters.